The largest absolute Gasteiger partial charge is 0.436 e. The van der Waals surface area contributed by atoms with Gasteiger partial charge in [-0.2, -0.15) is 4.31 Å². The third-order valence-corrected chi connectivity index (χ3v) is 6.90. The van der Waals surface area contributed by atoms with E-state index in [9.17, 15) is 22.4 Å². The number of rotatable bonds is 6. The fourth-order valence-corrected chi connectivity index (χ4v) is 4.83. The van der Waals surface area contributed by atoms with Crippen molar-refractivity contribution in [1.29, 1.82) is 0 Å². The van der Waals surface area contributed by atoms with Crippen molar-refractivity contribution in [3.05, 3.63) is 83.4 Å². The van der Waals surface area contributed by atoms with Crippen molar-refractivity contribution in [3.63, 3.8) is 0 Å². The number of nitrogens with zero attached hydrogens (tertiary/aromatic N) is 1. The van der Waals surface area contributed by atoms with Crippen LogP contribution in [0.5, 0.6) is 5.75 Å². The minimum Gasteiger partial charge on any atom is -0.436 e. The van der Waals surface area contributed by atoms with E-state index in [1.54, 1.807) is 0 Å². The summed E-state index contributed by atoms with van der Waals surface area (Å²) in [4.78, 5) is 24.8. The Balaban J connectivity index is 1.43. The summed E-state index contributed by atoms with van der Waals surface area (Å²) in [6.07, 6.45) is 2.55. The van der Waals surface area contributed by atoms with Crippen molar-refractivity contribution in [2.75, 3.05) is 13.1 Å². The lowest BCUT2D eigenvalue weighted by atomic mass is 10.0. The Labute approximate surface area is 184 Å². The number of carbonyl (C=O) groups excluding carboxylic acids is 2. The molecule has 2 heterocycles. The van der Waals surface area contributed by atoms with E-state index in [4.69, 9.17) is 9.15 Å². The van der Waals surface area contributed by atoms with E-state index in [0.717, 1.165) is 19.3 Å². The first-order chi connectivity index (χ1) is 15.3. The van der Waals surface area contributed by atoms with Crippen molar-refractivity contribution in [3.8, 4) is 5.75 Å². The summed E-state index contributed by atoms with van der Waals surface area (Å²) in [6.45, 7) is 0.845. The van der Waals surface area contributed by atoms with E-state index < -0.39 is 21.8 Å². The molecule has 1 aliphatic rings. The van der Waals surface area contributed by atoms with Gasteiger partial charge < -0.3 is 9.15 Å². The van der Waals surface area contributed by atoms with Crippen molar-refractivity contribution < 1.29 is 31.6 Å². The number of ether oxygens (including phenoxy) is 1. The molecule has 4 rings (SSSR count). The Bertz CT molecular complexity index is 1230. The molecule has 0 spiro atoms. The van der Waals surface area contributed by atoms with Crippen LogP contribution in [0.3, 0.4) is 0 Å². The standard InChI is InChI=1S/C23H20FNO6S/c24-18-8-4-16(5-9-18)22(26)17-6-10-19(11-7-17)30-23(27)20-12-13-21(31-20)32(28,29)25-14-2-1-3-15-25/h4-13H,1-3,14-15H2. The maximum absolute atomic E-state index is 13.0. The van der Waals surface area contributed by atoms with Crippen LogP contribution in [0.2, 0.25) is 0 Å². The summed E-state index contributed by atoms with van der Waals surface area (Å²) in [5.74, 6) is -1.69. The summed E-state index contributed by atoms with van der Waals surface area (Å²) < 4.78 is 50.2. The first-order valence-corrected chi connectivity index (χ1v) is 11.5. The van der Waals surface area contributed by atoms with E-state index in [-0.39, 0.29) is 22.4 Å². The fraction of sp³-hybridized carbons (Fsp3) is 0.217. The molecule has 1 aliphatic heterocycles. The Morgan fingerprint density at radius 3 is 2.06 bits per heavy atom. The minimum absolute atomic E-state index is 0.155. The molecule has 1 aromatic heterocycles. The normalized spacial score (nSPS) is 14.8. The summed E-state index contributed by atoms with van der Waals surface area (Å²) in [5, 5.41) is -0.299. The van der Waals surface area contributed by atoms with Crippen LogP contribution in [-0.2, 0) is 10.0 Å². The average Bonchev–Trinajstić information content (AvgIpc) is 3.32. The third-order valence-electron chi connectivity index (χ3n) is 5.13. The second-order valence-electron chi connectivity index (χ2n) is 7.33. The molecule has 3 aromatic rings. The highest BCUT2D eigenvalue weighted by molar-refractivity contribution is 7.89. The molecule has 0 bridgehead atoms. The van der Waals surface area contributed by atoms with Gasteiger partial charge in [0.25, 0.3) is 10.0 Å². The minimum atomic E-state index is -3.79. The second-order valence-corrected chi connectivity index (χ2v) is 9.20. The number of piperidine rings is 1. The highest BCUT2D eigenvalue weighted by atomic mass is 32.2. The highest BCUT2D eigenvalue weighted by Gasteiger charge is 2.30. The molecular formula is C23H20FNO6S. The smallest absolute Gasteiger partial charge is 0.379 e. The van der Waals surface area contributed by atoms with Gasteiger partial charge in [-0.3, -0.25) is 4.79 Å². The molecule has 0 amide bonds. The molecule has 0 atom stereocenters. The topological polar surface area (TPSA) is 93.9 Å². The molecule has 0 unspecified atom stereocenters. The molecule has 7 nitrogen and oxygen atoms in total. The van der Waals surface area contributed by atoms with Gasteiger partial charge in [0.2, 0.25) is 10.9 Å². The van der Waals surface area contributed by atoms with E-state index >= 15 is 0 Å². The van der Waals surface area contributed by atoms with Gasteiger partial charge in [-0.15, -0.1) is 0 Å². The number of hydrogen-bond acceptors (Lipinski definition) is 6. The zero-order chi connectivity index (χ0) is 22.7. The molecule has 0 aliphatic carbocycles. The van der Waals surface area contributed by atoms with E-state index in [1.165, 1.54) is 65.0 Å². The van der Waals surface area contributed by atoms with Gasteiger partial charge in [0.05, 0.1) is 0 Å². The Kier molecular flexibility index (Phi) is 6.20. The first-order valence-electron chi connectivity index (χ1n) is 10.1. The molecular weight excluding hydrogens is 437 g/mol. The molecule has 166 valence electrons. The third kappa shape index (κ3) is 4.63. The molecule has 0 saturated carbocycles. The summed E-state index contributed by atoms with van der Waals surface area (Å²) in [5.41, 5.74) is 0.665. The van der Waals surface area contributed by atoms with Crippen LogP contribution in [0.1, 0.15) is 45.7 Å². The van der Waals surface area contributed by atoms with Gasteiger partial charge in [-0.1, -0.05) is 6.42 Å². The first kappa shape index (κ1) is 21.9. The maximum Gasteiger partial charge on any atom is 0.379 e. The number of ketones is 1. The van der Waals surface area contributed by atoms with Gasteiger partial charge in [0, 0.05) is 24.2 Å². The molecule has 0 N–H and O–H groups in total. The number of hydrogen-bond donors (Lipinski definition) is 0. The van der Waals surface area contributed by atoms with Gasteiger partial charge >= 0.3 is 5.97 Å². The Morgan fingerprint density at radius 1 is 0.844 bits per heavy atom. The molecule has 9 heteroatoms. The van der Waals surface area contributed by atoms with Crippen LogP contribution in [0.15, 0.2) is 70.2 Å². The van der Waals surface area contributed by atoms with Crippen LogP contribution < -0.4 is 4.74 Å². The maximum atomic E-state index is 13.0. The van der Waals surface area contributed by atoms with Crippen LogP contribution >= 0.6 is 0 Å². The van der Waals surface area contributed by atoms with E-state index in [0.29, 0.717) is 24.2 Å². The number of sulfonamides is 1. The van der Waals surface area contributed by atoms with Gasteiger partial charge in [-0.25, -0.2) is 17.6 Å². The van der Waals surface area contributed by atoms with Crippen LogP contribution in [0.25, 0.3) is 0 Å². The molecule has 1 saturated heterocycles. The molecule has 0 radical (unpaired) electrons. The SMILES string of the molecule is O=C(c1ccc(F)cc1)c1ccc(OC(=O)c2ccc(S(=O)(=O)N3CCCCC3)o2)cc1. The Morgan fingerprint density at radius 2 is 1.44 bits per heavy atom. The van der Waals surface area contributed by atoms with Gasteiger partial charge in [0.1, 0.15) is 11.6 Å². The average molecular weight is 457 g/mol. The number of benzene rings is 2. The van der Waals surface area contributed by atoms with Crippen molar-refractivity contribution >= 4 is 21.8 Å². The lowest BCUT2D eigenvalue weighted by molar-refractivity contribution is 0.0695. The fourth-order valence-electron chi connectivity index (χ4n) is 3.40. The predicted molar refractivity (Wildman–Crippen MR) is 113 cm³/mol. The van der Waals surface area contributed by atoms with Crippen LogP contribution in [0.4, 0.5) is 4.39 Å². The summed E-state index contributed by atoms with van der Waals surface area (Å²) >= 11 is 0. The van der Waals surface area contributed by atoms with Gasteiger partial charge in [0.15, 0.2) is 5.78 Å². The highest BCUT2D eigenvalue weighted by Crippen LogP contribution is 2.23. The zero-order valence-electron chi connectivity index (χ0n) is 17.0. The summed E-state index contributed by atoms with van der Waals surface area (Å²) in [6, 6.07) is 13.5. The molecule has 2 aromatic carbocycles. The molecule has 32 heavy (non-hydrogen) atoms. The van der Waals surface area contributed by atoms with E-state index in [2.05, 4.69) is 0 Å². The van der Waals surface area contributed by atoms with Crippen LogP contribution in [-0.4, -0.2) is 37.6 Å². The lowest BCUT2D eigenvalue weighted by Gasteiger charge is -2.24. The van der Waals surface area contributed by atoms with Crippen molar-refractivity contribution in [2.45, 2.75) is 24.4 Å². The lowest BCUT2D eigenvalue weighted by Crippen LogP contribution is -2.35. The monoisotopic (exact) mass is 457 g/mol. The second kappa shape index (κ2) is 9.05. The quantitative estimate of drug-likeness (QED) is 0.315. The number of esters is 1. The zero-order valence-corrected chi connectivity index (χ0v) is 17.8. The Hall–Kier alpha value is -3.30. The van der Waals surface area contributed by atoms with E-state index in [1.807, 2.05) is 0 Å². The number of carbonyl (C=O) groups is 2. The number of furan rings is 1. The van der Waals surface area contributed by atoms with Gasteiger partial charge in [-0.05, 0) is 73.5 Å². The predicted octanol–water partition coefficient (Wildman–Crippen LogP) is 4.04. The van der Waals surface area contributed by atoms with Crippen molar-refractivity contribution in [2.24, 2.45) is 0 Å². The summed E-state index contributed by atoms with van der Waals surface area (Å²) in [7, 11) is -3.79. The van der Waals surface area contributed by atoms with Crippen LogP contribution in [0, 0.1) is 5.82 Å². The molecule has 1 fully saturated rings. The van der Waals surface area contributed by atoms with Crippen molar-refractivity contribution in [1.82, 2.24) is 4.31 Å². The number of halogens is 1.